The molecule has 1 aliphatic heterocycles. The molecular formula is C11H11N3O2. The van der Waals surface area contributed by atoms with Crippen molar-refractivity contribution in [3.8, 4) is 0 Å². The summed E-state index contributed by atoms with van der Waals surface area (Å²) in [5, 5.41) is 4.98. The van der Waals surface area contributed by atoms with Gasteiger partial charge in [-0.15, -0.1) is 0 Å². The van der Waals surface area contributed by atoms with Crippen molar-refractivity contribution in [1.82, 2.24) is 10.6 Å². The monoisotopic (exact) mass is 217 g/mol. The van der Waals surface area contributed by atoms with Gasteiger partial charge in [0, 0.05) is 0 Å². The quantitative estimate of drug-likeness (QED) is 0.677. The number of benzene rings is 1. The minimum absolute atomic E-state index is 0.146. The number of nitrogens with zero attached hydrogens (tertiary/aromatic N) is 1. The number of carbonyl (C=O) groups is 2. The minimum Gasteiger partial charge on any atom is -0.296 e. The van der Waals surface area contributed by atoms with Gasteiger partial charge in [0.05, 0.1) is 5.69 Å². The average molecular weight is 217 g/mol. The van der Waals surface area contributed by atoms with Gasteiger partial charge < -0.3 is 0 Å². The molecule has 0 radical (unpaired) electrons. The zero-order valence-corrected chi connectivity index (χ0v) is 8.78. The molecule has 1 saturated heterocycles. The molecule has 5 nitrogen and oxygen atoms in total. The molecule has 0 atom stereocenters. The zero-order valence-electron chi connectivity index (χ0n) is 8.78. The topological polar surface area (TPSA) is 70.6 Å². The van der Waals surface area contributed by atoms with E-state index in [-0.39, 0.29) is 24.2 Å². The summed E-state index contributed by atoms with van der Waals surface area (Å²) in [5.74, 6) is -0.491. The van der Waals surface area contributed by atoms with Crippen LogP contribution in [0.15, 0.2) is 29.3 Å². The third kappa shape index (κ3) is 2.44. The molecule has 1 aromatic rings. The summed E-state index contributed by atoms with van der Waals surface area (Å²) in [5.41, 5.74) is 1.81. The van der Waals surface area contributed by atoms with Gasteiger partial charge in [-0.05, 0) is 19.1 Å². The SMILES string of the molecule is Cc1ccc(N=C2NC(=O)CC(=O)N2)cc1. The van der Waals surface area contributed by atoms with Crippen LogP contribution in [0.2, 0.25) is 0 Å². The second-order valence-electron chi connectivity index (χ2n) is 3.57. The summed E-state index contributed by atoms with van der Waals surface area (Å²) >= 11 is 0. The van der Waals surface area contributed by atoms with E-state index in [1.807, 2.05) is 31.2 Å². The second kappa shape index (κ2) is 4.14. The van der Waals surface area contributed by atoms with Crippen molar-refractivity contribution in [3.05, 3.63) is 29.8 Å². The number of aryl methyl sites for hydroxylation is 1. The molecule has 1 aliphatic rings. The lowest BCUT2D eigenvalue weighted by Gasteiger charge is -2.14. The smallest absolute Gasteiger partial charge is 0.236 e. The van der Waals surface area contributed by atoms with Gasteiger partial charge in [-0.2, -0.15) is 0 Å². The number of guanidine groups is 1. The van der Waals surface area contributed by atoms with E-state index in [9.17, 15) is 9.59 Å². The molecule has 0 bridgehead atoms. The molecule has 5 heteroatoms. The van der Waals surface area contributed by atoms with Crippen molar-refractivity contribution in [2.75, 3.05) is 0 Å². The summed E-state index contributed by atoms with van der Waals surface area (Å²) < 4.78 is 0. The van der Waals surface area contributed by atoms with Crippen LogP contribution in [0.3, 0.4) is 0 Å². The first-order valence-electron chi connectivity index (χ1n) is 4.88. The van der Waals surface area contributed by atoms with Crippen LogP contribution in [0.25, 0.3) is 0 Å². The fraction of sp³-hybridized carbons (Fsp3) is 0.182. The maximum Gasteiger partial charge on any atom is 0.236 e. The molecule has 2 amide bonds. The Labute approximate surface area is 92.6 Å². The number of aliphatic imine (C=N–C) groups is 1. The Balaban J connectivity index is 2.20. The first-order valence-corrected chi connectivity index (χ1v) is 4.88. The minimum atomic E-state index is -0.338. The van der Waals surface area contributed by atoms with Crippen LogP contribution in [0.1, 0.15) is 12.0 Å². The molecule has 2 N–H and O–H groups in total. The van der Waals surface area contributed by atoms with Gasteiger partial charge in [0.1, 0.15) is 6.42 Å². The van der Waals surface area contributed by atoms with E-state index in [2.05, 4.69) is 15.6 Å². The Morgan fingerprint density at radius 3 is 2.19 bits per heavy atom. The molecule has 1 aromatic carbocycles. The van der Waals surface area contributed by atoms with Crippen molar-refractivity contribution >= 4 is 23.5 Å². The highest BCUT2D eigenvalue weighted by atomic mass is 16.2. The standard InChI is InChI=1S/C11H11N3O2/c1-7-2-4-8(5-3-7)12-11-13-9(15)6-10(16)14-11/h2-5H,6H2,1H3,(H2,12,13,14,15,16). The van der Waals surface area contributed by atoms with E-state index in [1.165, 1.54) is 0 Å². The van der Waals surface area contributed by atoms with Crippen molar-refractivity contribution in [3.63, 3.8) is 0 Å². The molecule has 0 spiro atoms. The van der Waals surface area contributed by atoms with E-state index in [1.54, 1.807) is 0 Å². The summed E-state index contributed by atoms with van der Waals surface area (Å²) in [6, 6.07) is 7.45. The lowest BCUT2D eigenvalue weighted by molar-refractivity contribution is -0.129. The number of amides is 2. The van der Waals surface area contributed by atoms with Crippen molar-refractivity contribution in [1.29, 1.82) is 0 Å². The summed E-state index contributed by atoms with van der Waals surface area (Å²) in [6.45, 7) is 1.97. The Morgan fingerprint density at radius 1 is 1.06 bits per heavy atom. The number of nitrogens with one attached hydrogen (secondary N) is 2. The van der Waals surface area contributed by atoms with E-state index < -0.39 is 0 Å². The maximum atomic E-state index is 11.1. The van der Waals surface area contributed by atoms with Crippen LogP contribution in [-0.4, -0.2) is 17.8 Å². The normalized spacial score (nSPS) is 15.4. The lowest BCUT2D eigenvalue weighted by Crippen LogP contribution is -2.50. The summed E-state index contributed by atoms with van der Waals surface area (Å²) in [4.78, 5) is 26.3. The Kier molecular flexibility index (Phi) is 2.68. The van der Waals surface area contributed by atoms with Crippen LogP contribution in [0.5, 0.6) is 0 Å². The molecule has 2 rings (SSSR count). The highest BCUT2D eigenvalue weighted by molar-refractivity contribution is 6.16. The van der Waals surface area contributed by atoms with Gasteiger partial charge in [-0.25, -0.2) is 4.99 Å². The predicted octanol–water partition coefficient (Wildman–Crippen LogP) is 0.619. The number of carbonyl (C=O) groups excluding carboxylic acids is 2. The van der Waals surface area contributed by atoms with Gasteiger partial charge in [0.15, 0.2) is 0 Å². The third-order valence-corrected chi connectivity index (χ3v) is 2.11. The molecule has 0 aromatic heterocycles. The Hall–Kier alpha value is -2.17. The molecule has 1 fully saturated rings. The number of hydrogen-bond acceptors (Lipinski definition) is 3. The summed E-state index contributed by atoms with van der Waals surface area (Å²) in [6.07, 6.45) is -0.146. The van der Waals surface area contributed by atoms with Crippen LogP contribution >= 0.6 is 0 Å². The highest BCUT2D eigenvalue weighted by Gasteiger charge is 2.19. The van der Waals surface area contributed by atoms with Gasteiger partial charge in [0.25, 0.3) is 0 Å². The molecule has 82 valence electrons. The van der Waals surface area contributed by atoms with Crippen LogP contribution < -0.4 is 10.6 Å². The average Bonchev–Trinajstić information content (AvgIpc) is 2.20. The van der Waals surface area contributed by atoms with Crippen LogP contribution in [-0.2, 0) is 9.59 Å². The van der Waals surface area contributed by atoms with E-state index in [0.717, 1.165) is 5.56 Å². The molecule has 1 heterocycles. The fourth-order valence-electron chi connectivity index (χ4n) is 1.33. The van der Waals surface area contributed by atoms with Crippen molar-refractivity contribution < 1.29 is 9.59 Å². The van der Waals surface area contributed by atoms with Crippen molar-refractivity contribution in [2.24, 2.45) is 4.99 Å². The second-order valence-corrected chi connectivity index (χ2v) is 3.57. The van der Waals surface area contributed by atoms with E-state index >= 15 is 0 Å². The molecule has 0 saturated carbocycles. The predicted molar refractivity (Wildman–Crippen MR) is 59.2 cm³/mol. The summed E-state index contributed by atoms with van der Waals surface area (Å²) in [7, 11) is 0. The van der Waals surface area contributed by atoms with E-state index in [4.69, 9.17) is 0 Å². The largest absolute Gasteiger partial charge is 0.296 e. The molecule has 16 heavy (non-hydrogen) atoms. The lowest BCUT2D eigenvalue weighted by atomic mass is 10.2. The zero-order chi connectivity index (χ0) is 11.5. The fourth-order valence-corrected chi connectivity index (χ4v) is 1.33. The first kappa shape index (κ1) is 10.4. The maximum absolute atomic E-state index is 11.1. The van der Waals surface area contributed by atoms with E-state index in [0.29, 0.717) is 5.69 Å². The molecule has 0 unspecified atom stereocenters. The highest BCUT2D eigenvalue weighted by Crippen LogP contribution is 2.12. The Morgan fingerprint density at radius 2 is 1.62 bits per heavy atom. The third-order valence-electron chi connectivity index (χ3n) is 2.11. The first-order chi connectivity index (χ1) is 7.63. The number of rotatable bonds is 1. The van der Waals surface area contributed by atoms with Crippen LogP contribution in [0.4, 0.5) is 5.69 Å². The van der Waals surface area contributed by atoms with Gasteiger partial charge in [-0.3, -0.25) is 20.2 Å². The Bertz CT molecular complexity index is 445. The molecule has 0 aliphatic carbocycles. The van der Waals surface area contributed by atoms with Gasteiger partial charge in [-0.1, -0.05) is 17.7 Å². The van der Waals surface area contributed by atoms with Crippen molar-refractivity contribution in [2.45, 2.75) is 13.3 Å². The number of hydrogen-bond donors (Lipinski definition) is 2. The van der Waals surface area contributed by atoms with Crippen LogP contribution in [0, 0.1) is 6.92 Å². The van der Waals surface area contributed by atoms with Gasteiger partial charge in [0.2, 0.25) is 17.8 Å². The molecular weight excluding hydrogens is 206 g/mol. The van der Waals surface area contributed by atoms with Gasteiger partial charge >= 0.3 is 0 Å².